The summed E-state index contributed by atoms with van der Waals surface area (Å²) in [4.78, 5) is 10.5. The number of nitrogens with zero attached hydrogens (tertiary/aromatic N) is 3. The Hall–Kier alpha value is -0.910. The first-order valence-electron chi connectivity index (χ1n) is 6.12. The van der Waals surface area contributed by atoms with Crippen molar-refractivity contribution >= 4 is 17.4 Å². The molecule has 1 fully saturated rings. The summed E-state index contributed by atoms with van der Waals surface area (Å²) in [7, 11) is 1.68. The van der Waals surface area contributed by atoms with Crippen molar-refractivity contribution in [2.45, 2.75) is 18.9 Å². The lowest BCUT2D eigenvalue weighted by Gasteiger charge is -2.32. The SMILES string of the molecule is COCCOC1CCN(c2cncc(Cl)n2)CC1. The van der Waals surface area contributed by atoms with E-state index in [2.05, 4.69) is 14.9 Å². The molecule has 1 aliphatic rings. The fourth-order valence-electron chi connectivity index (χ4n) is 2.03. The summed E-state index contributed by atoms with van der Waals surface area (Å²) in [6, 6.07) is 0. The van der Waals surface area contributed by atoms with Crippen LogP contribution in [0, 0.1) is 0 Å². The van der Waals surface area contributed by atoms with Crippen molar-refractivity contribution in [2.24, 2.45) is 0 Å². The summed E-state index contributed by atoms with van der Waals surface area (Å²) in [5.74, 6) is 0.845. The third kappa shape index (κ3) is 3.80. The highest BCUT2D eigenvalue weighted by Crippen LogP contribution is 2.20. The zero-order valence-corrected chi connectivity index (χ0v) is 11.3. The highest BCUT2D eigenvalue weighted by atomic mass is 35.5. The molecule has 0 unspecified atom stereocenters. The quantitative estimate of drug-likeness (QED) is 0.764. The Kier molecular flexibility index (Phi) is 5.16. The van der Waals surface area contributed by atoms with Crippen molar-refractivity contribution in [2.75, 3.05) is 38.3 Å². The average Bonchev–Trinajstić information content (AvgIpc) is 2.40. The Labute approximate surface area is 112 Å². The van der Waals surface area contributed by atoms with Gasteiger partial charge in [0.25, 0.3) is 0 Å². The van der Waals surface area contributed by atoms with E-state index in [1.54, 1.807) is 19.5 Å². The van der Waals surface area contributed by atoms with Crippen molar-refractivity contribution in [3.8, 4) is 0 Å². The number of methoxy groups -OCH3 is 1. The summed E-state index contributed by atoms with van der Waals surface area (Å²) in [6.07, 6.45) is 5.61. The van der Waals surface area contributed by atoms with E-state index in [1.165, 1.54) is 0 Å². The van der Waals surface area contributed by atoms with Gasteiger partial charge < -0.3 is 14.4 Å². The number of ether oxygens (including phenoxy) is 2. The molecular weight excluding hydrogens is 254 g/mol. The highest BCUT2D eigenvalue weighted by Gasteiger charge is 2.20. The van der Waals surface area contributed by atoms with Gasteiger partial charge in [0.2, 0.25) is 0 Å². The van der Waals surface area contributed by atoms with Crippen LogP contribution >= 0.6 is 11.6 Å². The van der Waals surface area contributed by atoms with Crippen LogP contribution < -0.4 is 4.90 Å². The van der Waals surface area contributed by atoms with Gasteiger partial charge in [-0.15, -0.1) is 0 Å². The minimum atomic E-state index is 0.323. The first kappa shape index (κ1) is 13.5. The molecule has 0 atom stereocenters. The van der Waals surface area contributed by atoms with Crippen LogP contribution in [0.1, 0.15) is 12.8 Å². The van der Waals surface area contributed by atoms with Crippen molar-refractivity contribution in [3.63, 3.8) is 0 Å². The van der Waals surface area contributed by atoms with Crippen LogP contribution in [-0.2, 0) is 9.47 Å². The van der Waals surface area contributed by atoms with Crippen LogP contribution in [0.2, 0.25) is 5.15 Å². The predicted octanol–water partition coefficient (Wildman–Crippen LogP) is 1.76. The maximum absolute atomic E-state index is 5.84. The molecule has 0 radical (unpaired) electrons. The number of anilines is 1. The van der Waals surface area contributed by atoms with E-state index in [9.17, 15) is 0 Å². The minimum absolute atomic E-state index is 0.323. The second kappa shape index (κ2) is 6.87. The van der Waals surface area contributed by atoms with Crippen molar-refractivity contribution in [1.82, 2.24) is 9.97 Å². The Morgan fingerprint density at radius 2 is 2.11 bits per heavy atom. The van der Waals surface area contributed by atoms with Crippen molar-refractivity contribution in [1.29, 1.82) is 0 Å². The summed E-state index contributed by atoms with van der Waals surface area (Å²) in [6.45, 7) is 3.16. The Balaban J connectivity index is 1.79. The first-order chi connectivity index (χ1) is 8.79. The molecule has 2 rings (SSSR count). The van der Waals surface area contributed by atoms with Crippen LogP contribution in [0.25, 0.3) is 0 Å². The molecule has 1 aromatic heterocycles. The van der Waals surface area contributed by atoms with Gasteiger partial charge >= 0.3 is 0 Å². The Bertz CT molecular complexity index is 370. The van der Waals surface area contributed by atoms with Gasteiger partial charge in [-0.05, 0) is 12.8 Å². The van der Waals surface area contributed by atoms with Gasteiger partial charge in [-0.2, -0.15) is 0 Å². The first-order valence-corrected chi connectivity index (χ1v) is 6.50. The lowest BCUT2D eigenvalue weighted by atomic mass is 10.1. The lowest BCUT2D eigenvalue weighted by molar-refractivity contribution is 0.00604. The lowest BCUT2D eigenvalue weighted by Crippen LogP contribution is -2.37. The van der Waals surface area contributed by atoms with E-state index in [-0.39, 0.29) is 0 Å². The van der Waals surface area contributed by atoms with Gasteiger partial charge in [0.15, 0.2) is 0 Å². The summed E-state index contributed by atoms with van der Waals surface area (Å²) in [5, 5.41) is 0.436. The molecular formula is C12H18ClN3O2. The molecule has 1 aromatic rings. The molecule has 2 heterocycles. The maximum Gasteiger partial charge on any atom is 0.149 e. The third-order valence-corrected chi connectivity index (χ3v) is 3.18. The molecule has 1 saturated heterocycles. The van der Waals surface area contributed by atoms with E-state index in [1.807, 2.05) is 0 Å². The van der Waals surface area contributed by atoms with Crippen LogP contribution in [0.15, 0.2) is 12.4 Å². The summed E-state index contributed by atoms with van der Waals surface area (Å²) < 4.78 is 10.7. The zero-order chi connectivity index (χ0) is 12.8. The summed E-state index contributed by atoms with van der Waals surface area (Å²) >= 11 is 5.84. The molecule has 0 aromatic carbocycles. The molecule has 6 heteroatoms. The van der Waals surface area contributed by atoms with Crippen molar-refractivity contribution in [3.05, 3.63) is 17.5 Å². The molecule has 18 heavy (non-hydrogen) atoms. The second-order valence-electron chi connectivity index (χ2n) is 4.25. The van der Waals surface area contributed by atoms with Crippen LogP contribution in [0.4, 0.5) is 5.82 Å². The smallest absolute Gasteiger partial charge is 0.149 e. The van der Waals surface area contributed by atoms with E-state index >= 15 is 0 Å². The average molecular weight is 272 g/mol. The van der Waals surface area contributed by atoms with Gasteiger partial charge in [0, 0.05) is 20.2 Å². The van der Waals surface area contributed by atoms with Crippen LogP contribution in [0.5, 0.6) is 0 Å². The Morgan fingerprint density at radius 3 is 2.78 bits per heavy atom. The largest absolute Gasteiger partial charge is 0.382 e. The monoisotopic (exact) mass is 271 g/mol. The normalized spacial score (nSPS) is 17.1. The fourth-order valence-corrected chi connectivity index (χ4v) is 2.18. The number of rotatable bonds is 5. The highest BCUT2D eigenvalue weighted by molar-refractivity contribution is 6.29. The van der Waals surface area contributed by atoms with Gasteiger partial charge in [-0.1, -0.05) is 11.6 Å². The predicted molar refractivity (Wildman–Crippen MR) is 70.1 cm³/mol. The molecule has 100 valence electrons. The van der Waals surface area contributed by atoms with Gasteiger partial charge in [-0.25, -0.2) is 4.98 Å². The number of piperidine rings is 1. The topological polar surface area (TPSA) is 47.5 Å². The molecule has 0 aliphatic carbocycles. The van der Waals surface area contributed by atoms with E-state index in [4.69, 9.17) is 21.1 Å². The molecule has 5 nitrogen and oxygen atoms in total. The molecule has 0 bridgehead atoms. The molecule has 0 N–H and O–H groups in total. The Morgan fingerprint density at radius 1 is 1.33 bits per heavy atom. The van der Waals surface area contributed by atoms with Gasteiger partial charge in [0.1, 0.15) is 11.0 Å². The van der Waals surface area contributed by atoms with E-state index < -0.39 is 0 Å². The van der Waals surface area contributed by atoms with Crippen LogP contribution in [0.3, 0.4) is 0 Å². The van der Waals surface area contributed by atoms with E-state index in [0.717, 1.165) is 31.7 Å². The van der Waals surface area contributed by atoms with Gasteiger partial charge in [0.05, 0.1) is 31.7 Å². The molecule has 0 spiro atoms. The number of hydrogen-bond donors (Lipinski definition) is 0. The number of hydrogen-bond acceptors (Lipinski definition) is 5. The second-order valence-corrected chi connectivity index (χ2v) is 4.64. The standard InChI is InChI=1S/C12H18ClN3O2/c1-17-6-7-18-10-2-4-16(5-3-10)12-9-14-8-11(13)15-12/h8-10H,2-7H2,1H3. The summed E-state index contributed by atoms with van der Waals surface area (Å²) in [5.41, 5.74) is 0. The fraction of sp³-hybridized carbons (Fsp3) is 0.667. The van der Waals surface area contributed by atoms with Crippen molar-refractivity contribution < 1.29 is 9.47 Å². The van der Waals surface area contributed by atoms with E-state index in [0.29, 0.717) is 24.5 Å². The van der Waals surface area contributed by atoms with Gasteiger partial charge in [-0.3, -0.25) is 4.98 Å². The molecule has 0 amide bonds. The molecule has 0 saturated carbocycles. The number of aromatic nitrogens is 2. The van der Waals surface area contributed by atoms with Crippen LogP contribution in [-0.4, -0.2) is 49.5 Å². The number of halogens is 1. The minimum Gasteiger partial charge on any atom is -0.382 e. The third-order valence-electron chi connectivity index (χ3n) is 3.00. The zero-order valence-electron chi connectivity index (χ0n) is 10.5. The maximum atomic E-state index is 5.84. The molecule has 1 aliphatic heterocycles.